The fourth-order valence-electron chi connectivity index (χ4n) is 0.913. The third kappa shape index (κ3) is 2.75. The number of ketones is 1. The molecule has 1 heterocycles. The zero-order chi connectivity index (χ0) is 9.68. The van der Waals surface area contributed by atoms with Gasteiger partial charge in [0.15, 0.2) is 5.78 Å². The van der Waals surface area contributed by atoms with Gasteiger partial charge in [-0.2, -0.15) is 0 Å². The third-order valence-corrected chi connectivity index (χ3v) is 2.43. The minimum Gasteiger partial charge on any atom is -0.330 e. The van der Waals surface area contributed by atoms with Crippen molar-refractivity contribution in [2.24, 2.45) is 5.73 Å². The van der Waals surface area contributed by atoms with E-state index in [4.69, 9.17) is 5.73 Å². The standard InChI is InChI=1S/C9H12N2OS/c1-2-3-8(12)7-6-13-9(11-7)4-5-10/h2,6H,1,3-5,10H2. The second-order valence-electron chi connectivity index (χ2n) is 2.58. The highest BCUT2D eigenvalue weighted by Crippen LogP contribution is 2.11. The molecule has 0 unspecified atom stereocenters. The SMILES string of the molecule is C=CCC(=O)c1csc(CCN)n1. The summed E-state index contributed by atoms with van der Waals surface area (Å²) < 4.78 is 0. The Morgan fingerprint density at radius 3 is 3.15 bits per heavy atom. The number of carbonyl (C=O) groups excluding carboxylic acids is 1. The summed E-state index contributed by atoms with van der Waals surface area (Å²) in [6.45, 7) is 4.08. The lowest BCUT2D eigenvalue weighted by Crippen LogP contribution is -2.03. The summed E-state index contributed by atoms with van der Waals surface area (Å²) in [6, 6.07) is 0. The zero-order valence-electron chi connectivity index (χ0n) is 7.32. The molecule has 0 saturated carbocycles. The van der Waals surface area contributed by atoms with Gasteiger partial charge in [0.05, 0.1) is 5.01 Å². The number of thiazole rings is 1. The van der Waals surface area contributed by atoms with Crippen molar-refractivity contribution in [3.8, 4) is 0 Å². The van der Waals surface area contributed by atoms with Crippen molar-refractivity contribution in [2.75, 3.05) is 6.54 Å². The lowest BCUT2D eigenvalue weighted by molar-refractivity contribution is 0.0991. The van der Waals surface area contributed by atoms with Crippen molar-refractivity contribution in [1.82, 2.24) is 4.98 Å². The molecule has 1 aromatic rings. The Kier molecular flexibility index (Phi) is 3.79. The minimum absolute atomic E-state index is 0.0227. The first-order valence-electron chi connectivity index (χ1n) is 4.06. The highest BCUT2D eigenvalue weighted by Gasteiger charge is 2.08. The Hall–Kier alpha value is -1.00. The molecule has 0 fully saturated rings. The van der Waals surface area contributed by atoms with Crippen LogP contribution >= 0.6 is 11.3 Å². The van der Waals surface area contributed by atoms with Gasteiger partial charge in [0.1, 0.15) is 5.69 Å². The quantitative estimate of drug-likeness (QED) is 0.572. The molecule has 0 saturated heterocycles. The van der Waals surface area contributed by atoms with Gasteiger partial charge in [0.25, 0.3) is 0 Å². The van der Waals surface area contributed by atoms with Crippen LogP contribution in [0.1, 0.15) is 21.9 Å². The van der Waals surface area contributed by atoms with Crippen LogP contribution in [0.2, 0.25) is 0 Å². The molecule has 0 aliphatic heterocycles. The normalized spacial score (nSPS) is 9.92. The molecule has 4 heteroatoms. The molecule has 13 heavy (non-hydrogen) atoms. The maximum absolute atomic E-state index is 11.3. The van der Waals surface area contributed by atoms with Gasteiger partial charge >= 0.3 is 0 Å². The van der Waals surface area contributed by atoms with Crippen molar-refractivity contribution in [3.05, 3.63) is 28.7 Å². The highest BCUT2D eigenvalue weighted by atomic mass is 32.1. The van der Waals surface area contributed by atoms with Crippen molar-refractivity contribution < 1.29 is 4.79 Å². The number of nitrogens with zero attached hydrogens (tertiary/aromatic N) is 1. The summed E-state index contributed by atoms with van der Waals surface area (Å²) >= 11 is 1.48. The minimum atomic E-state index is 0.0227. The second-order valence-corrected chi connectivity index (χ2v) is 3.52. The van der Waals surface area contributed by atoms with Gasteiger partial charge in [-0.05, 0) is 6.54 Å². The molecule has 0 spiro atoms. The van der Waals surface area contributed by atoms with Gasteiger partial charge in [0.2, 0.25) is 0 Å². The van der Waals surface area contributed by atoms with Crippen LogP contribution in [0.15, 0.2) is 18.0 Å². The van der Waals surface area contributed by atoms with E-state index in [1.54, 1.807) is 11.5 Å². The third-order valence-electron chi connectivity index (χ3n) is 1.53. The number of nitrogens with two attached hydrogens (primary N) is 1. The molecule has 3 nitrogen and oxygen atoms in total. The lowest BCUT2D eigenvalue weighted by Gasteiger charge is -1.90. The maximum atomic E-state index is 11.3. The lowest BCUT2D eigenvalue weighted by atomic mass is 10.2. The van der Waals surface area contributed by atoms with Crippen molar-refractivity contribution in [3.63, 3.8) is 0 Å². The van der Waals surface area contributed by atoms with Gasteiger partial charge in [-0.15, -0.1) is 17.9 Å². The van der Waals surface area contributed by atoms with Crippen LogP contribution in [0.5, 0.6) is 0 Å². The molecule has 0 radical (unpaired) electrons. The first kappa shape index (κ1) is 10.1. The first-order valence-corrected chi connectivity index (χ1v) is 4.94. The van der Waals surface area contributed by atoms with Crippen molar-refractivity contribution in [1.29, 1.82) is 0 Å². The maximum Gasteiger partial charge on any atom is 0.185 e. The molecule has 0 aliphatic rings. The molecule has 0 atom stereocenters. The Morgan fingerprint density at radius 1 is 1.77 bits per heavy atom. The summed E-state index contributed by atoms with van der Waals surface area (Å²) in [4.78, 5) is 15.5. The summed E-state index contributed by atoms with van der Waals surface area (Å²) in [5.74, 6) is 0.0227. The molecular formula is C9H12N2OS. The van der Waals surface area contributed by atoms with Gasteiger partial charge in [-0.25, -0.2) is 4.98 Å². The van der Waals surface area contributed by atoms with Crippen LogP contribution in [0, 0.1) is 0 Å². The number of aromatic nitrogens is 1. The summed E-state index contributed by atoms with van der Waals surface area (Å²) in [5, 5.41) is 2.70. The Morgan fingerprint density at radius 2 is 2.54 bits per heavy atom. The molecule has 1 aromatic heterocycles. The summed E-state index contributed by atoms with van der Waals surface area (Å²) in [7, 11) is 0. The second kappa shape index (κ2) is 4.89. The van der Waals surface area contributed by atoms with Crippen LogP contribution in [0.3, 0.4) is 0 Å². The summed E-state index contributed by atoms with van der Waals surface area (Å²) in [5.41, 5.74) is 5.91. The van der Waals surface area contributed by atoms with Gasteiger partial charge in [-0.1, -0.05) is 6.08 Å². The van der Waals surface area contributed by atoms with E-state index in [1.807, 2.05) is 0 Å². The fourth-order valence-corrected chi connectivity index (χ4v) is 1.73. The predicted molar refractivity (Wildman–Crippen MR) is 54.0 cm³/mol. The van der Waals surface area contributed by atoms with Crippen LogP contribution in [0.25, 0.3) is 0 Å². The highest BCUT2D eigenvalue weighted by molar-refractivity contribution is 7.09. The van der Waals surface area contributed by atoms with E-state index in [2.05, 4.69) is 11.6 Å². The molecule has 1 rings (SSSR count). The monoisotopic (exact) mass is 196 g/mol. The van der Waals surface area contributed by atoms with E-state index in [0.717, 1.165) is 11.4 Å². The van der Waals surface area contributed by atoms with E-state index >= 15 is 0 Å². The first-order chi connectivity index (χ1) is 6.27. The predicted octanol–water partition coefficient (Wildman–Crippen LogP) is 1.40. The van der Waals surface area contributed by atoms with Crippen LogP contribution in [-0.4, -0.2) is 17.3 Å². The molecule has 0 aromatic carbocycles. The van der Waals surface area contributed by atoms with E-state index in [1.165, 1.54) is 11.3 Å². The van der Waals surface area contributed by atoms with Crippen molar-refractivity contribution >= 4 is 17.1 Å². The summed E-state index contributed by atoms with van der Waals surface area (Å²) in [6.07, 6.45) is 2.68. The van der Waals surface area contributed by atoms with Crippen LogP contribution in [-0.2, 0) is 6.42 Å². The molecule has 2 N–H and O–H groups in total. The zero-order valence-corrected chi connectivity index (χ0v) is 8.14. The largest absolute Gasteiger partial charge is 0.330 e. The van der Waals surface area contributed by atoms with E-state index in [-0.39, 0.29) is 5.78 Å². The number of hydrogen-bond acceptors (Lipinski definition) is 4. The Bertz CT molecular complexity index is 306. The number of rotatable bonds is 5. The van der Waals surface area contributed by atoms with E-state index in [0.29, 0.717) is 18.7 Å². The number of hydrogen-bond donors (Lipinski definition) is 1. The molecule has 0 bridgehead atoms. The molecule has 0 amide bonds. The number of allylic oxidation sites excluding steroid dienone is 1. The molecular weight excluding hydrogens is 184 g/mol. The smallest absolute Gasteiger partial charge is 0.185 e. The van der Waals surface area contributed by atoms with E-state index in [9.17, 15) is 4.79 Å². The fraction of sp³-hybridized carbons (Fsp3) is 0.333. The Labute approximate surface area is 81.3 Å². The number of Topliss-reactive ketones (excluding diaryl/α,β-unsaturated/α-hetero) is 1. The average Bonchev–Trinajstić information content (AvgIpc) is 2.54. The van der Waals surface area contributed by atoms with Crippen molar-refractivity contribution in [2.45, 2.75) is 12.8 Å². The topological polar surface area (TPSA) is 56.0 Å². The van der Waals surface area contributed by atoms with Crippen LogP contribution in [0.4, 0.5) is 0 Å². The average molecular weight is 196 g/mol. The van der Waals surface area contributed by atoms with Crippen LogP contribution < -0.4 is 5.73 Å². The number of carbonyl (C=O) groups is 1. The Balaban J connectivity index is 2.67. The van der Waals surface area contributed by atoms with Gasteiger partial charge < -0.3 is 5.73 Å². The van der Waals surface area contributed by atoms with Gasteiger partial charge in [-0.3, -0.25) is 4.79 Å². The molecule has 0 aliphatic carbocycles. The molecule has 70 valence electrons. The van der Waals surface area contributed by atoms with E-state index < -0.39 is 0 Å². The van der Waals surface area contributed by atoms with Gasteiger partial charge in [0, 0.05) is 18.2 Å².